The Balaban J connectivity index is 1.50. The van der Waals surface area contributed by atoms with E-state index in [1.54, 1.807) is 0 Å². The molecule has 2 bridgehead atoms. The van der Waals surface area contributed by atoms with Gasteiger partial charge in [0, 0.05) is 32.0 Å². The van der Waals surface area contributed by atoms with Crippen molar-refractivity contribution in [1.82, 2.24) is 29.9 Å². The molecule has 0 spiro atoms. The van der Waals surface area contributed by atoms with Crippen LogP contribution in [0.1, 0.15) is 50.5 Å². The molecule has 198 valence electrons. The average molecular weight is 529 g/mol. The van der Waals surface area contributed by atoms with E-state index in [0.29, 0.717) is 26.2 Å². The lowest BCUT2D eigenvalue weighted by Gasteiger charge is -2.61. The minimum absolute atomic E-state index is 0.0879. The predicted molar refractivity (Wildman–Crippen MR) is 115 cm³/mol. The van der Waals surface area contributed by atoms with Gasteiger partial charge in [0.1, 0.15) is 17.7 Å². The van der Waals surface area contributed by atoms with Crippen molar-refractivity contribution < 1.29 is 35.6 Å². The number of rotatable bonds is 4. The third-order valence-electron chi connectivity index (χ3n) is 6.67. The molecular weight excluding hydrogens is 508 g/mol. The number of piperidine rings is 1. The van der Waals surface area contributed by atoms with Crippen LogP contribution in [0.25, 0.3) is 11.4 Å². The zero-order valence-electron chi connectivity index (χ0n) is 19.8. The summed E-state index contributed by atoms with van der Waals surface area (Å²) in [5.41, 5.74) is -3.56. The number of alkyl halides is 5. The van der Waals surface area contributed by atoms with Crippen molar-refractivity contribution in [3.8, 4) is 11.4 Å². The van der Waals surface area contributed by atoms with E-state index < -0.39 is 52.2 Å². The van der Waals surface area contributed by atoms with Crippen molar-refractivity contribution >= 4 is 11.7 Å². The monoisotopic (exact) mass is 529 g/mol. The number of amides is 2. The van der Waals surface area contributed by atoms with Gasteiger partial charge in [-0.2, -0.15) is 27.1 Å². The highest BCUT2D eigenvalue weighted by molar-refractivity contribution is 5.92. The molecular formula is C22H21F6N7O2. The van der Waals surface area contributed by atoms with Crippen LogP contribution in [-0.4, -0.2) is 41.9 Å². The summed E-state index contributed by atoms with van der Waals surface area (Å²) in [5.74, 6) is -6.01. The molecule has 0 unspecified atom stereocenters. The molecule has 0 radical (unpaired) electrons. The first-order chi connectivity index (χ1) is 17.2. The molecule has 1 N–H and O–H groups in total. The zero-order valence-corrected chi connectivity index (χ0v) is 19.8. The number of aryl methyl sites for hydroxylation is 1. The molecule has 3 aliphatic rings. The van der Waals surface area contributed by atoms with Crippen LogP contribution in [-0.2, 0) is 24.7 Å². The molecule has 1 aliphatic carbocycles. The Morgan fingerprint density at radius 1 is 1.19 bits per heavy atom. The summed E-state index contributed by atoms with van der Waals surface area (Å²) in [7, 11) is 1.45. The van der Waals surface area contributed by atoms with Crippen LogP contribution in [0, 0.1) is 11.7 Å². The first kappa shape index (κ1) is 25.0. The van der Waals surface area contributed by atoms with Gasteiger partial charge in [0.15, 0.2) is 5.82 Å². The van der Waals surface area contributed by atoms with Gasteiger partial charge in [0.25, 0.3) is 5.89 Å². The largest absolute Gasteiger partial charge is 0.417 e. The smallest absolute Gasteiger partial charge is 0.417 e. The summed E-state index contributed by atoms with van der Waals surface area (Å²) < 4.78 is 89.6. The van der Waals surface area contributed by atoms with Gasteiger partial charge in [-0.3, -0.25) is 4.68 Å². The standard InChI is InChI=1S/C22H21F6N7O2/c1-10-4-11-8-21(7-10,18-32-31-17(37-18)20(2,24)25)35(11)19(36)30-15-5-12(16-29-9-34(3)33-16)13(6-14(15)23)22(26,27)28/h5-6,9-11H,4,7-8H2,1-3H3,(H,30,36)/t10-,11+,21-/m0/s1. The van der Waals surface area contributed by atoms with Gasteiger partial charge in [-0.05, 0) is 30.9 Å². The second-order valence-electron chi connectivity index (χ2n) is 9.65. The molecule has 2 amide bonds. The zero-order chi connectivity index (χ0) is 26.9. The summed E-state index contributed by atoms with van der Waals surface area (Å²) in [5, 5.41) is 13.4. The minimum Gasteiger partial charge on any atom is -0.417 e. The highest BCUT2D eigenvalue weighted by atomic mass is 19.4. The molecule has 9 nitrogen and oxygen atoms in total. The first-order valence-corrected chi connectivity index (χ1v) is 11.3. The topological polar surface area (TPSA) is 102 Å². The molecule has 6 rings (SSSR count). The van der Waals surface area contributed by atoms with E-state index in [9.17, 15) is 31.1 Å². The number of nitrogens with zero attached hydrogens (tertiary/aromatic N) is 6. The third kappa shape index (κ3) is 4.19. The quantitative estimate of drug-likeness (QED) is 0.474. The Hall–Kier alpha value is -3.65. The summed E-state index contributed by atoms with van der Waals surface area (Å²) in [6, 6.07) is -0.0945. The van der Waals surface area contributed by atoms with E-state index in [1.165, 1.54) is 23.0 Å². The number of urea groups is 1. The van der Waals surface area contributed by atoms with Gasteiger partial charge >= 0.3 is 18.1 Å². The van der Waals surface area contributed by atoms with Gasteiger partial charge in [-0.1, -0.05) is 6.92 Å². The lowest BCUT2D eigenvalue weighted by Crippen LogP contribution is -2.70. The van der Waals surface area contributed by atoms with Crippen LogP contribution in [0.3, 0.4) is 0 Å². The van der Waals surface area contributed by atoms with Crippen molar-refractivity contribution in [3.63, 3.8) is 0 Å². The van der Waals surface area contributed by atoms with E-state index in [1.807, 2.05) is 6.92 Å². The van der Waals surface area contributed by atoms with E-state index >= 15 is 0 Å². The van der Waals surface area contributed by atoms with Gasteiger partial charge < -0.3 is 14.6 Å². The number of fused-ring (bicyclic) bond motifs is 2. The Labute approximate surface area is 205 Å². The van der Waals surface area contributed by atoms with Crippen molar-refractivity contribution in [1.29, 1.82) is 0 Å². The lowest BCUT2D eigenvalue weighted by atomic mass is 9.64. The van der Waals surface area contributed by atoms with Gasteiger partial charge in [0.2, 0.25) is 5.89 Å². The van der Waals surface area contributed by atoms with Crippen molar-refractivity contribution in [2.24, 2.45) is 13.0 Å². The Morgan fingerprint density at radius 3 is 2.51 bits per heavy atom. The molecule has 15 heteroatoms. The minimum atomic E-state index is -4.91. The number of aromatic nitrogens is 5. The SMILES string of the molecule is C[C@H]1C[C@@H]2C[C@](c3nnc(C(C)(F)F)o3)(C1)N2C(=O)Nc1cc(-c2ncn(C)n2)c(C(F)(F)F)cc1F. The Bertz CT molecular complexity index is 1360. The highest BCUT2D eigenvalue weighted by Gasteiger charge is 2.62. The first-order valence-electron chi connectivity index (χ1n) is 11.3. The number of hydrogen-bond acceptors (Lipinski definition) is 6. The summed E-state index contributed by atoms with van der Waals surface area (Å²) in [6.07, 6.45) is -2.46. The Morgan fingerprint density at radius 2 is 1.92 bits per heavy atom. The van der Waals surface area contributed by atoms with Crippen molar-refractivity contribution in [2.75, 3.05) is 5.32 Å². The highest BCUT2D eigenvalue weighted by Crippen LogP contribution is 2.56. The summed E-state index contributed by atoms with van der Waals surface area (Å²) >= 11 is 0. The molecule has 3 aromatic rings. The molecule has 2 aliphatic heterocycles. The molecule has 1 saturated carbocycles. The third-order valence-corrected chi connectivity index (χ3v) is 6.67. The number of benzene rings is 1. The van der Waals surface area contributed by atoms with Crippen LogP contribution in [0.2, 0.25) is 0 Å². The molecule has 3 atom stereocenters. The van der Waals surface area contributed by atoms with E-state index in [2.05, 4.69) is 25.6 Å². The van der Waals surface area contributed by atoms with Crippen LogP contribution in [0.4, 0.5) is 36.8 Å². The molecule has 37 heavy (non-hydrogen) atoms. The van der Waals surface area contributed by atoms with Gasteiger partial charge in [-0.25, -0.2) is 14.2 Å². The number of anilines is 1. The number of carbonyl (C=O) groups excluding carboxylic acids is 1. The van der Waals surface area contributed by atoms with E-state index in [0.717, 1.165) is 6.07 Å². The van der Waals surface area contributed by atoms with E-state index in [-0.39, 0.29) is 29.7 Å². The van der Waals surface area contributed by atoms with Crippen molar-refractivity contribution in [3.05, 3.63) is 41.6 Å². The normalized spacial score (nSPS) is 23.6. The number of hydrogen-bond donors (Lipinski definition) is 1. The molecule has 3 fully saturated rings. The van der Waals surface area contributed by atoms with Crippen LogP contribution in [0.15, 0.2) is 22.9 Å². The van der Waals surface area contributed by atoms with Gasteiger partial charge in [0.05, 0.1) is 11.3 Å². The summed E-state index contributed by atoms with van der Waals surface area (Å²) in [6.45, 7) is 2.52. The van der Waals surface area contributed by atoms with E-state index in [4.69, 9.17) is 4.42 Å². The summed E-state index contributed by atoms with van der Waals surface area (Å²) in [4.78, 5) is 18.5. The second-order valence-corrected chi connectivity index (χ2v) is 9.65. The Kier molecular flexibility index (Phi) is 5.53. The molecule has 4 heterocycles. The second kappa shape index (κ2) is 8.18. The van der Waals surface area contributed by atoms with Crippen LogP contribution in [0.5, 0.6) is 0 Å². The predicted octanol–water partition coefficient (Wildman–Crippen LogP) is 5.07. The average Bonchev–Trinajstić information content (AvgIpc) is 3.43. The van der Waals surface area contributed by atoms with Crippen molar-refractivity contribution in [2.45, 2.75) is 56.8 Å². The fraction of sp³-hybridized carbons (Fsp3) is 0.500. The number of nitrogens with one attached hydrogen (secondary N) is 1. The lowest BCUT2D eigenvalue weighted by molar-refractivity contribution is -0.137. The maximum absolute atomic E-state index is 14.8. The fourth-order valence-corrected chi connectivity index (χ4v) is 5.26. The van der Waals surface area contributed by atoms with Crippen LogP contribution < -0.4 is 5.32 Å². The van der Waals surface area contributed by atoms with Crippen LogP contribution >= 0.6 is 0 Å². The number of halogens is 6. The fourth-order valence-electron chi connectivity index (χ4n) is 5.26. The maximum Gasteiger partial charge on any atom is 0.417 e. The van der Waals surface area contributed by atoms with Gasteiger partial charge in [-0.15, -0.1) is 10.2 Å². The molecule has 1 aromatic carbocycles. The number of carbonyl (C=O) groups is 1. The molecule has 2 aromatic heterocycles. The maximum atomic E-state index is 14.8. The molecule has 2 saturated heterocycles.